The van der Waals surface area contributed by atoms with Gasteiger partial charge in [0, 0.05) is 30.6 Å². The van der Waals surface area contributed by atoms with Crippen LogP contribution < -0.4 is 10.4 Å². The van der Waals surface area contributed by atoms with Gasteiger partial charge in [0.25, 0.3) is 0 Å². The van der Waals surface area contributed by atoms with Crippen LogP contribution in [-0.2, 0) is 13.6 Å². The summed E-state index contributed by atoms with van der Waals surface area (Å²) in [5, 5.41) is 0. The van der Waals surface area contributed by atoms with Gasteiger partial charge in [-0.05, 0) is 32.0 Å². The van der Waals surface area contributed by atoms with E-state index in [4.69, 9.17) is 4.74 Å². The normalized spacial score (nSPS) is 10.6. The zero-order valence-corrected chi connectivity index (χ0v) is 11.9. The number of aromatic nitrogens is 2. The smallest absolute Gasteiger partial charge is 0.328 e. The summed E-state index contributed by atoms with van der Waals surface area (Å²) in [7, 11) is 1.70. The van der Waals surface area contributed by atoms with Gasteiger partial charge in [0.05, 0.1) is 13.2 Å². The van der Waals surface area contributed by atoms with E-state index in [9.17, 15) is 9.59 Å². The van der Waals surface area contributed by atoms with E-state index in [1.807, 2.05) is 6.92 Å². The van der Waals surface area contributed by atoms with Crippen molar-refractivity contribution in [1.29, 1.82) is 0 Å². The molecular weight excluding hydrogens is 256 g/mol. The lowest BCUT2D eigenvalue weighted by molar-refractivity contribution is 0.101. The van der Waals surface area contributed by atoms with Crippen LogP contribution in [0.15, 0.2) is 35.4 Å². The topological polar surface area (TPSA) is 53.2 Å². The number of ether oxygens (including phenoxy) is 1. The van der Waals surface area contributed by atoms with Crippen molar-refractivity contribution in [2.24, 2.45) is 7.05 Å². The van der Waals surface area contributed by atoms with Gasteiger partial charge in [-0.25, -0.2) is 4.79 Å². The third-order valence-corrected chi connectivity index (χ3v) is 3.13. The molecule has 0 atom stereocenters. The van der Waals surface area contributed by atoms with Crippen molar-refractivity contribution in [3.05, 3.63) is 52.2 Å². The first-order valence-electron chi connectivity index (χ1n) is 6.51. The lowest BCUT2D eigenvalue weighted by atomic mass is 10.1. The number of hydrogen-bond acceptors (Lipinski definition) is 3. The molecule has 0 aliphatic carbocycles. The zero-order valence-electron chi connectivity index (χ0n) is 11.9. The van der Waals surface area contributed by atoms with E-state index in [0.29, 0.717) is 24.5 Å². The molecule has 0 amide bonds. The Bertz CT molecular complexity index is 683. The molecule has 106 valence electrons. The number of rotatable bonds is 5. The molecule has 1 aromatic carbocycles. The van der Waals surface area contributed by atoms with E-state index in [1.165, 1.54) is 11.5 Å². The number of hydrogen-bond donors (Lipinski definition) is 0. The molecule has 2 rings (SSSR count). The summed E-state index contributed by atoms with van der Waals surface area (Å²) in [6, 6.07) is 5.31. The quantitative estimate of drug-likeness (QED) is 0.782. The van der Waals surface area contributed by atoms with Gasteiger partial charge >= 0.3 is 5.69 Å². The van der Waals surface area contributed by atoms with Crippen molar-refractivity contribution < 1.29 is 9.53 Å². The molecular formula is C15H18N2O3. The number of ketones is 1. The lowest BCUT2D eigenvalue weighted by Gasteiger charge is -2.11. The van der Waals surface area contributed by atoms with Crippen LogP contribution in [-0.4, -0.2) is 21.5 Å². The second-order valence-corrected chi connectivity index (χ2v) is 4.63. The number of carbonyl (C=O) groups is 1. The third kappa shape index (κ3) is 2.82. The largest absolute Gasteiger partial charge is 0.494 e. The van der Waals surface area contributed by atoms with Crippen molar-refractivity contribution in [3.8, 4) is 5.75 Å². The summed E-state index contributed by atoms with van der Waals surface area (Å²) in [5.74, 6) is 0.697. The average Bonchev–Trinajstić information content (AvgIpc) is 2.73. The highest BCUT2D eigenvalue weighted by molar-refractivity contribution is 5.94. The van der Waals surface area contributed by atoms with Crippen LogP contribution in [0.2, 0.25) is 0 Å². The Labute approximate surface area is 117 Å². The second kappa shape index (κ2) is 5.77. The maximum absolute atomic E-state index is 11.9. The van der Waals surface area contributed by atoms with Crippen molar-refractivity contribution in [1.82, 2.24) is 9.13 Å². The van der Waals surface area contributed by atoms with Crippen LogP contribution >= 0.6 is 0 Å². The molecule has 5 heteroatoms. The number of nitrogens with zero attached hydrogens (tertiary/aromatic N) is 2. The molecule has 0 spiro atoms. The van der Waals surface area contributed by atoms with Crippen LogP contribution in [0, 0.1) is 0 Å². The number of imidazole rings is 1. The fourth-order valence-corrected chi connectivity index (χ4v) is 2.03. The van der Waals surface area contributed by atoms with Gasteiger partial charge in [-0.15, -0.1) is 0 Å². The Morgan fingerprint density at radius 3 is 2.60 bits per heavy atom. The first-order valence-corrected chi connectivity index (χ1v) is 6.51. The van der Waals surface area contributed by atoms with Crippen LogP contribution in [0.1, 0.15) is 29.8 Å². The van der Waals surface area contributed by atoms with Gasteiger partial charge in [-0.3, -0.25) is 9.36 Å². The molecule has 0 radical (unpaired) electrons. The predicted molar refractivity (Wildman–Crippen MR) is 76.4 cm³/mol. The third-order valence-electron chi connectivity index (χ3n) is 3.13. The Morgan fingerprint density at radius 2 is 2.05 bits per heavy atom. The molecule has 20 heavy (non-hydrogen) atoms. The molecule has 5 nitrogen and oxygen atoms in total. The molecule has 0 aliphatic rings. The van der Waals surface area contributed by atoms with Gasteiger partial charge < -0.3 is 9.30 Å². The van der Waals surface area contributed by atoms with Crippen molar-refractivity contribution >= 4 is 5.78 Å². The molecule has 2 aromatic rings. The summed E-state index contributed by atoms with van der Waals surface area (Å²) < 4.78 is 8.65. The minimum Gasteiger partial charge on any atom is -0.494 e. The highest BCUT2D eigenvalue weighted by Crippen LogP contribution is 2.21. The van der Waals surface area contributed by atoms with Crippen molar-refractivity contribution in [2.45, 2.75) is 20.4 Å². The SMILES string of the molecule is CCOc1ccc(C(C)=O)cc1Cn1ccn(C)c1=O. The average molecular weight is 274 g/mol. The molecule has 1 aromatic heterocycles. The number of carbonyl (C=O) groups excluding carboxylic acids is 1. The van der Waals surface area contributed by atoms with Crippen molar-refractivity contribution in [3.63, 3.8) is 0 Å². The van der Waals surface area contributed by atoms with Gasteiger partial charge in [0.2, 0.25) is 0 Å². The fraction of sp³-hybridized carbons (Fsp3) is 0.333. The van der Waals surface area contributed by atoms with Crippen LogP contribution in [0.4, 0.5) is 0 Å². The van der Waals surface area contributed by atoms with E-state index >= 15 is 0 Å². The second-order valence-electron chi connectivity index (χ2n) is 4.63. The molecule has 0 saturated heterocycles. The van der Waals surface area contributed by atoms with Gasteiger partial charge in [-0.1, -0.05) is 0 Å². The van der Waals surface area contributed by atoms with E-state index < -0.39 is 0 Å². The molecule has 0 bridgehead atoms. The highest BCUT2D eigenvalue weighted by atomic mass is 16.5. The summed E-state index contributed by atoms with van der Waals surface area (Å²) in [5.41, 5.74) is 1.35. The van der Waals surface area contributed by atoms with Crippen molar-refractivity contribution in [2.75, 3.05) is 6.61 Å². The van der Waals surface area contributed by atoms with Gasteiger partial charge in [0.15, 0.2) is 5.78 Å². The number of benzene rings is 1. The van der Waals surface area contributed by atoms with E-state index in [0.717, 1.165) is 5.56 Å². The Balaban J connectivity index is 2.41. The summed E-state index contributed by atoms with van der Waals surface area (Å²) in [6.45, 7) is 4.34. The number of aryl methyl sites for hydroxylation is 1. The Morgan fingerprint density at radius 1 is 1.30 bits per heavy atom. The minimum atomic E-state index is -0.0966. The molecule has 0 aliphatic heterocycles. The number of Topliss-reactive ketones (excluding diaryl/α,β-unsaturated/α-hetero) is 1. The summed E-state index contributed by atoms with van der Waals surface area (Å²) >= 11 is 0. The zero-order chi connectivity index (χ0) is 14.7. The Kier molecular flexibility index (Phi) is 4.08. The minimum absolute atomic E-state index is 0.00490. The lowest BCUT2D eigenvalue weighted by Crippen LogP contribution is -2.22. The maximum Gasteiger partial charge on any atom is 0.328 e. The fourth-order valence-electron chi connectivity index (χ4n) is 2.03. The maximum atomic E-state index is 11.9. The highest BCUT2D eigenvalue weighted by Gasteiger charge is 2.10. The first kappa shape index (κ1) is 14.1. The monoisotopic (exact) mass is 274 g/mol. The van der Waals surface area contributed by atoms with Crippen LogP contribution in [0.3, 0.4) is 0 Å². The van der Waals surface area contributed by atoms with E-state index in [2.05, 4.69) is 0 Å². The Hall–Kier alpha value is -2.30. The molecule has 1 heterocycles. The van der Waals surface area contributed by atoms with Gasteiger partial charge in [0.1, 0.15) is 5.75 Å². The first-order chi connectivity index (χ1) is 9.52. The summed E-state index contributed by atoms with van der Waals surface area (Å²) in [6.07, 6.45) is 3.43. The molecule has 0 unspecified atom stereocenters. The molecule has 0 saturated carbocycles. The predicted octanol–water partition coefficient (Wildman–Crippen LogP) is 1.84. The van der Waals surface area contributed by atoms with Crippen LogP contribution in [0.25, 0.3) is 0 Å². The van der Waals surface area contributed by atoms with E-state index in [-0.39, 0.29) is 11.5 Å². The molecule has 0 fully saturated rings. The van der Waals surface area contributed by atoms with E-state index in [1.54, 1.807) is 42.2 Å². The summed E-state index contributed by atoms with van der Waals surface area (Å²) in [4.78, 5) is 23.4. The molecule has 0 N–H and O–H groups in total. The standard InChI is InChI=1S/C15H18N2O3/c1-4-20-14-6-5-12(11(2)18)9-13(14)10-17-8-7-16(3)15(17)19/h5-9H,4,10H2,1-3H3. The van der Waals surface area contributed by atoms with Crippen LogP contribution in [0.5, 0.6) is 5.75 Å². The van der Waals surface area contributed by atoms with Gasteiger partial charge in [-0.2, -0.15) is 0 Å².